The molecule has 0 bridgehead atoms. The van der Waals surface area contributed by atoms with Crippen molar-refractivity contribution < 1.29 is 4.79 Å². The molecule has 4 nitrogen and oxygen atoms in total. The van der Waals surface area contributed by atoms with Crippen LogP contribution >= 0.6 is 0 Å². The summed E-state index contributed by atoms with van der Waals surface area (Å²) in [5, 5.41) is 4.00. The summed E-state index contributed by atoms with van der Waals surface area (Å²) < 4.78 is 1.74. The van der Waals surface area contributed by atoms with Crippen LogP contribution in [-0.2, 0) is 11.3 Å². The maximum absolute atomic E-state index is 11.5. The molecule has 4 heteroatoms. The number of carbonyl (C=O) groups excluding carboxylic acids is 1. The maximum Gasteiger partial charge on any atom is 0.137 e. The summed E-state index contributed by atoms with van der Waals surface area (Å²) in [7, 11) is 0. The summed E-state index contributed by atoms with van der Waals surface area (Å²) >= 11 is 0. The third-order valence-electron chi connectivity index (χ3n) is 2.56. The molecule has 2 rings (SSSR count). The summed E-state index contributed by atoms with van der Waals surface area (Å²) in [5.74, 6) is 0.567. The van der Waals surface area contributed by atoms with E-state index in [1.807, 2.05) is 0 Å². The topological polar surface area (TPSA) is 47.8 Å². The van der Waals surface area contributed by atoms with Crippen LogP contribution in [0.25, 0.3) is 0 Å². The van der Waals surface area contributed by atoms with Crippen molar-refractivity contribution in [1.82, 2.24) is 14.8 Å². The van der Waals surface area contributed by atoms with Crippen LogP contribution < -0.4 is 0 Å². The number of aromatic nitrogens is 3. The van der Waals surface area contributed by atoms with Crippen molar-refractivity contribution in [3.63, 3.8) is 0 Å². The largest absolute Gasteiger partial charge is 0.299 e. The second kappa shape index (κ2) is 3.68. The molecule has 0 aromatic carbocycles. The second-order valence-electron chi connectivity index (χ2n) is 3.53. The highest BCUT2D eigenvalue weighted by Crippen LogP contribution is 2.21. The molecule has 0 radical (unpaired) electrons. The number of Topliss-reactive ketones (excluding diaryl/α,β-unsaturated/α-hetero) is 1. The fourth-order valence-electron chi connectivity index (χ4n) is 1.80. The monoisotopic (exact) mass is 179 g/mol. The molecular formula is C9H13N3O. The molecule has 0 spiro atoms. The van der Waals surface area contributed by atoms with Gasteiger partial charge in [-0.05, 0) is 12.8 Å². The Morgan fingerprint density at radius 2 is 2.46 bits per heavy atom. The number of carbonyl (C=O) groups is 1. The summed E-state index contributed by atoms with van der Waals surface area (Å²) in [4.78, 5) is 15.3. The molecule has 1 saturated carbocycles. The highest BCUT2D eigenvalue weighted by molar-refractivity contribution is 5.81. The summed E-state index contributed by atoms with van der Waals surface area (Å²) in [5.41, 5.74) is 0. The highest BCUT2D eigenvalue weighted by Gasteiger charge is 2.22. The van der Waals surface area contributed by atoms with Gasteiger partial charge in [0.15, 0.2) is 0 Å². The van der Waals surface area contributed by atoms with E-state index in [0.29, 0.717) is 12.3 Å². The van der Waals surface area contributed by atoms with Gasteiger partial charge in [-0.2, -0.15) is 5.10 Å². The third kappa shape index (κ3) is 1.94. The second-order valence-corrected chi connectivity index (χ2v) is 3.53. The van der Waals surface area contributed by atoms with Gasteiger partial charge in [0, 0.05) is 12.3 Å². The standard InChI is InChI=1S/C9H13N3O/c13-9-4-2-1-3-8(9)5-12-7-10-6-11-12/h6-8H,1-5H2/t8-/m0/s1. The average Bonchev–Trinajstić information content (AvgIpc) is 2.61. The normalized spacial score (nSPS) is 23.4. The average molecular weight is 179 g/mol. The molecule has 1 aliphatic rings. The maximum atomic E-state index is 11.5. The molecular weight excluding hydrogens is 166 g/mol. The molecule has 0 amide bonds. The van der Waals surface area contributed by atoms with Gasteiger partial charge in [0.25, 0.3) is 0 Å². The number of rotatable bonds is 2. The summed E-state index contributed by atoms with van der Waals surface area (Å²) in [6.45, 7) is 0.707. The van der Waals surface area contributed by atoms with Crippen LogP contribution in [0.2, 0.25) is 0 Å². The molecule has 1 heterocycles. The Morgan fingerprint density at radius 1 is 1.54 bits per heavy atom. The van der Waals surface area contributed by atoms with Crippen LogP contribution in [0, 0.1) is 5.92 Å². The lowest BCUT2D eigenvalue weighted by molar-refractivity contribution is -0.125. The first-order valence-corrected chi connectivity index (χ1v) is 4.71. The van der Waals surface area contributed by atoms with Gasteiger partial charge >= 0.3 is 0 Å². The number of ketones is 1. The smallest absolute Gasteiger partial charge is 0.137 e. The van der Waals surface area contributed by atoms with Crippen LogP contribution in [0.5, 0.6) is 0 Å². The van der Waals surface area contributed by atoms with Gasteiger partial charge in [-0.3, -0.25) is 9.48 Å². The minimum atomic E-state index is 0.176. The lowest BCUT2D eigenvalue weighted by Crippen LogP contribution is -2.24. The van der Waals surface area contributed by atoms with Gasteiger partial charge in [0.2, 0.25) is 0 Å². The van der Waals surface area contributed by atoms with Gasteiger partial charge in [-0.25, -0.2) is 4.98 Å². The lowest BCUT2D eigenvalue weighted by atomic mass is 9.88. The predicted octanol–water partition coefficient (Wildman–Crippen LogP) is 1.04. The number of nitrogens with zero attached hydrogens (tertiary/aromatic N) is 3. The Morgan fingerprint density at radius 3 is 3.15 bits per heavy atom. The van der Waals surface area contributed by atoms with Crippen molar-refractivity contribution >= 4 is 5.78 Å². The zero-order chi connectivity index (χ0) is 9.10. The van der Waals surface area contributed by atoms with Gasteiger partial charge in [-0.1, -0.05) is 6.42 Å². The Labute approximate surface area is 77.0 Å². The van der Waals surface area contributed by atoms with Crippen LogP contribution in [-0.4, -0.2) is 20.5 Å². The molecule has 1 aliphatic carbocycles. The van der Waals surface area contributed by atoms with E-state index in [4.69, 9.17) is 0 Å². The molecule has 1 aromatic rings. The van der Waals surface area contributed by atoms with Gasteiger partial charge in [0.05, 0.1) is 6.54 Å². The van der Waals surface area contributed by atoms with Crippen molar-refractivity contribution in [3.05, 3.63) is 12.7 Å². The van der Waals surface area contributed by atoms with Gasteiger partial charge in [-0.15, -0.1) is 0 Å². The van der Waals surface area contributed by atoms with Crippen molar-refractivity contribution in [2.24, 2.45) is 5.92 Å². The van der Waals surface area contributed by atoms with E-state index in [1.165, 1.54) is 12.7 Å². The minimum absolute atomic E-state index is 0.176. The van der Waals surface area contributed by atoms with Crippen LogP contribution in [0.15, 0.2) is 12.7 Å². The van der Waals surface area contributed by atoms with Crippen molar-refractivity contribution in [3.8, 4) is 0 Å². The first kappa shape index (κ1) is 8.41. The third-order valence-corrected chi connectivity index (χ3v) is 2.56. The molecule has 0 saturated heterocycles. The zero-order valence-electron chi connectivity index (χ0n) is 7.52. The van der Waals surface area contributed by atoms with E-state index in [2.05, 4.69) is 10.1 Å². The predicted molar refractivity (Wildman–Crippen MR) is 47.0 cm³/mol. The first-order chi connectivity index (χ1) is 6.36. The Kier molecular flexibility index (Phi) is 2.38. The molecule has 0 N–H and O–H groups in total. The quantitative estimate of drug-likeness (QED) is 0.681. The van der Waals surface area contributed by atoms with Crippen LogP contribution in [0.1, 0.15) is 25.7 Å². The Bertz CT molecular complexity index is 281. The Hall–Kier alpha value is -1.19. The molecule has 0 unspecified atom stereocenters. The number of hydrogen-bond donors (Lipinski definition) is 0. The molecule has 0 aliphatic heterocycles. The molecule has 13 heavy (non-hydrogen) atoms. The van der Waals surface area contributed by atoms with Crippen LogP contribution in [0.3, 0.4) is 0 Å². The van der Waals surface area contributed by atoms with Crippen molar-refractivity contribution in [2.75, 3.05) is 0 Å². The molecule has 70 valence electrons. The zero-order valence-corrected chi connectivity index (χ0v) is 7.52. The molecule has 1 atom stereocenters. The molecule has 1 aromatic heterocycles. The SMILES string of the molecule is O=C1CCCC[C@H]1Cn1cncn1. The van der Waals surface area contributed by atoms with E-state index < -0.39 is 0 Å². The van der Waals surface area contributed by atoms with E-state index in [9.17, 15) is 4.79 Å². The highest BCUT2D eigenvalue weighted by atomic mass is 16.1. The van der Waals surface area contributed by atoms with E-state index in [1.54, 1.807) is 11.0 Å². The van der Waals surface area contributed by atoms with Gasteiger partial charge in [0.1, 0.15) is 18.4 Å². The number of hydrogen-bond acceptors (Lipinski definition) is 3. The molecule has 1 fully saturated rings. The fraction of sp³-hybridized carbons (Fsp3) is 0.667. The summed E-state index contributed by atoms with van der Waals surface area (Å²) in [6, 6.07) is 0. The van der Waals surface area contributed by atoms with E-state index in [-0.39, 0.29) is 5.92 Å². The minimum Gasteiger partial charge on any atom is -0.299 e. The van der Waals surface area contributed by atoms with Crippen molar-refractivity contribution in [2.45, 2.75) is 32.2 Å². The van der Waals surface area contributed by atoms with Crippen molar-refractivity contribution in [1.29, 1.82) is 0 Å². The van der Waals surface area contributed by atoms with Crippen LogP contribution in [0.4, 0.5) is 0 Å². The fourth-order valence-corrected chi connectivity index (χ4v) is 1.80. The van der Waals surface area contributed by atoms with E-state index in [0.717, 1.165) is 19.3 Å². The first-order valence-electron chi connectivity index (χ1n) is 4.71. The van der Waals surface area contributed by atoms with Gasteiger partial charge < -0.3 is 0 Å². The lowest BCUT2D eigenvalue weighted by Gasteiger charge is -2.19. The Balaban J connectivity index is 1.97. The summed E-state index contributed by atoms with van der Waals surface area (Å²) in [6.07, 6.45) is 7.17. The van der Waals surface area contributed by atoms with E-state index >= 15 is 0 Å².